The van der Waals surface area contributed by atoms with Gasteiger partial charge in [0.2, 0.25) is 5.82 Å². The highest BCUT2D eigenvalue weighted by Crippen LogP contribution is 2.45. The van der Waals surface area contributed by atoms with Gasteiger partial charge in [0, 0.05) is 0 Å². The summed E-state index contributed by atoms with van der Waals surface area (Å²) in [5.41, 5.74) is 0.460. The van der Waals surface area contributed by atoms with E-state index >= 15 is 0 Å². The largest absolute Gasteiger partial charge is 0.491 e. The summed E-state index contributed by atoms with van der Waals surface area (Å²) < 4.78 is 58.5. The van der Waals surface area contributed by atoms with Crippen molar-refractivity contribution in [1.82, 2.24) is 0 Å². The quantitative estimate of drug-likeness (QED) is 0.487. The molecule has 0 heterocycles. The third-order valence-corrected chi connectivity index (χ3v) is 6.43. The minimum Gasteiger partial charge on any atom is -0.491 e. The second-order valence-corrected chi connectivity index (χ2v) is 7.96. The van der Waals surface area contributed by atoms with E-state index in [1.807, 2.05) is 0 Å². The number of hydrogen-bond acceptors (Lipinski definition) is 1. The van der Waals surface area contributed by atoms with Gasteiger partial charge in [-0.05, 0) is 99.7 Å². The number of benzene rings is 1. The van der Waals surface area contributed by atoms with Gasteiger partial charge in [0.15, 0.2) is 11.6 Å². The number of rotatable bonds is 5. The predicted molar refractivity (Wildman–Crippen MR) is 98.0 cm³/mol. The zero-order chi connectivity index (χ0) is 19.4. The average molecular weight is 384 g/mol. The van der Waals surface area contributed by atoms with Crippen LogP contribution in [0.4, 0.5) is 17.6 Å². The van der Waals surface area contributed by atoms with Gasteiger partial charge in [0.1, 0.15) is 0 Å². The third kappa shape index (κ3) is 4.85. The molecule has 0 N–H and O–H groups in total. The molecule has 2 saturated carbocycles. The van der Waals surface area contributed by atoms with Crippen LogP contribution in [0, 0.1) is 29.4 Å². The molecule has 5 heteroatoms. The SMILES string of the molecule is CCOc1ccc(C2CCC(C3CCC(C=C(F)F)CC3)CC2)c(F)c1F. The molecule has 0 saturated heterocycles. The smallest absolute Gasteiger partial charge is 0.266 e. The fourth-order valence-corrected chi connectivity index (χ4v) is 4.99. The molecule has 1 aromatic rings. The summed E-state index contributed by atoms with van der Waals surface area (Å²) in [5.74, 6) is -0.456. The highest BCUT2D eigenvalue weighted by Gasteiger charge is 2.32. The monoisotopic (exact) mass is 384 g/mol. The van der Waals surface area contributed by atoms with Gasteiger partial charge < -0.3 is 4.74 Å². The molecule has 2 aliphatic rings. The minimum absolute atomic E-state index is 0.0171. The Balaban J connectivity index is 1.55. The summed E-state index contributed by atoms with van der Waals surface area (Å²) in [6, 6.07) is 3.19. The molecule has 1 aromatic carbocycles. The molecule has 0 atom stereocenters. The maximum atomic E-state index is 14.4. The van der Waals surface area contributed by atoms with Crippen LogP contribution in [0.1, 0.15) is 69.8 Å². The second-order valence-electron chi connectivity index (χ2n) is 7.96. The lowest BCUT2D eigenvalue weighted by Crippen LogP contribution is -2.25. The van der Waals surface area contributed by atoms with E-state index in [0.29, 0.717) is 24.0 Å². The Bertz CT molecular complexity index is 653. The Morgan fingerprint density at radius 3 is 2.07 bits per heavy atom. The summed E-state index contributed by atoms with van der Waals surface area (Å²) in [5, 5.41) is 0. The zero-order valence-electron chi connectivity index (χ0n) is 15.8. The molecular formula is C22H28F4O. The summed E-state index contributed by atoms with van der Waals surface area (Å²) in [6.45, 7) is 2.04. The molecule has 0 aromatic heterocycles. The maximum Gasteiger partial charge on any atom is 0.266 e. The molecule has 2 aliphatic carbocycles. The Labute approximate surface area is 158 Å². The molecule has 27 heavy (non-hydrogen) atoms. The van der Waals surface area contributed by atoms with Crippen LogP contribution in [0.3, 0.4) is 0 Å². The Kier molecular flexibility index (Phi) is 6.83. The fourth-order valence-electron chi connectivity index (χ4n) is 4.99. The van der Waals surface area contributed by atoms with Crippen molar-refractivity contribution in [3.63, 3.8) is 0 Å². The molecule has 0 aliphatic heterocycles. The molecule has 1 nitrogen and oxygen atoms in total. The van der Waals surface area contributed by atoms with Gasteiger partial charge >= 0.3 is 0 Å². The van der Waals surface area contributed by atoms with E-state index in [4.69, 9.17) is 4.74 Å². The topological polar surface area (TPSA) is 9.23 Å². The summed E-state index contributed by atoms with van der Waals surface area (Å²) >= 11 is 0. The number of ether oxygens (including phenoxy) is 1. The highest BCUT2D eigenvalue weighted by molar-refractivity contribution is 5.33. The molecular weight excluding hydrogens is 356 g/mol. The second kappa shape index (κ2) is 9.11. The van der Waals surface area contributed by atoms with Gasteiger partial charge in [0.05, 0.1) is 6.61 Å². The normalized spacial score (nSPS) is 28.6. The van der Waals surface area contributed by atoms with E-state index < -0.39 is 17.7 Å². The molecule has 150 valence electrons. The van der Waals surface area contributed by atoms with Crippen LogP contribution in [0.2, 0.25) is 0 Å². The van der Waals surface area contributed by atoms with Gasteiger partial charge in [-0.3, -0.25) is 0 Å². The lowest BCUT2D eigenvalue weighted by molar-refractivity contribution is 0.169. The van der Waals surface area contributed by atoms with Crippen molar-refractivity contribution in [2.45, 2.75) is 64.2 Å². The Hall–Kier alpha value is -1.52. The van der Waals surface area contributed by atoms with Crippen molar-refractivity contribution in [3.8, 4) is 5.75 Å². The molecule has 3 rings (SSSR count). The van der Waals surface area contributed by atoms with E-state index in [0.717, 1.165) is 57.4 Å². The van der Waals surface area contributed by atoms with Crippen LogP contribution in [-0.2, 0) is 0 Å². The minimum atomic E-state index is -1.57. The van der Waals surface area contributed by atoms with E-state index in [-0.39, 0.29) is 17.6 Å². The van der Waals surface area contributed by atoms with Gasteiger partial charge in [-0.25, -0.2) is 4.39 Å². The molecule has 0 bridgehead atoms. The van der Waals surface area contributed by atoms with Crippen LogP contribution in [0.25, 0.3) is 0 Å². The molecule has 0 radical (unpaired) electrons. The number of allylic oxidation sites excluding steroid dienone is 1. The van der Waals surface area contributed by atoms with Crippen molar-refractivity contribution in [2.75, 3.05) is 6.61 Å². The maximum absolute atomic E-state index is 14.4. The zero-order valence-corrected chi connectivity index (χ0v) is 15.8. The average Bonchev–Trinajstić information content (AvgIpc) is 2.66. The van der Waals surface area contributed by atoms with Crippen molar-refractivity contribution >= 4 is 0 Å². The van der Waals surface area contributed by atoms with Crippen LogP contribution in [0.15, 0.2) is 24.3 Å². The predicted octanol–water partition coefficient (Wildman–Crippen LogP) is 7.22. The lowest BCUT2D eigenvalue weighted by Gasteiger charge is -2.37. The molecule has 0 spiro atoms. The van der Waals surface area contributed by atoms with Gasteiger partial charge in [-0.15, -0.1) is 0 Å². The van der Waals surface area contributed by atoms with E-state index in [1.54, 1.807) is 13.0 Å². The van der Waals surface area contributed by atoms with Crippen molar-refractivity contribution < 1.29 is 22.3 Å². The molecule has 0 unspecified atom stereocenters. The highest BCUT2D eigenvalue weighted by atomic mass is 19.3. The van der Waals surface area contributed by atoms with Crippen LogP contribution >= 0.6 is 0 Å². The Morgan fingerprint density at radius 1 is 0.926 bits per heavy atom. The van der Waals surface area contributed by atoms with E-state index in [1.165, 1.54) is 6.07 Å². The lowest BCUT2D eigenvalue weighted by atomic mass is 9.68. The number of hydrogen-bond donors (Lipinski definition) is 0. The van der Waals surface area contributed by atoms with Gasteiger partial charge in [-0.2, -0.15) is 13.2 Å². The first-order valence-corrected chi connectivity index (χ1v) is 10.1. The van der Waals surface area contributed by atoms with Crippen molar-refractivity contribution in [2.24, 2.45) is 17.8 Å². The first-order chi connectivity index (χ1) is 13.0. The van der Waals surface area contributed by atoms with Crippen LogP contribution in [0.5, 0.6) is 5.75 Å². The summed E-state index contributed by atoms with van der Waals surface area (Å²) in [7, 11) is 0. The summed E-state index contributed by atoms with van der Waals surface area (Å²) in [4.78, 5) is 0. The first-order valence-electron chi connectivity index (χ1n) is 10.1. The van der Waals surface area contributed by atoms with Gasteiger partial charge in [0.25, 0.3) is 6.08 Å². The van der Waals surface area contributed by atoms with Crippen LogP contribution < -0.4 is 4.74 Å². The van der Waals surface area contributed by atoms with Crippen molar-refractivity contribution in [3.05, 3.63) is 41.5 Å². The van der Waals surface area contributed by atoms with E-state index in [9.17, 15) is 17.6 Å². The summed E-state index contributed by atoms with van der Waals surface area (Å²) in [6.07, 6.45) is 6.91. The van der Waals surface area contributed by atoms with Gasteiger partial charge in [-0.1, -0.05) is 6.07 Å². The van der Waals surface area contributed by atoms with Crippen molar-refractivity contribution in [1.29, 1.82) is 0 Å². The third-order valence-electron chi connectivity index (χ3n) is 6.43. The fraction of sp³-hybridized carbons (Fsp3) is 0.636. The first kappa shape index (κ1) is 20.2. The molecule has 2 fully saturated rings. The Morgan fingerprint density at radius 2 is 1.52 bits per heavy atom. The van der Waals surface area contributed by atoms with E-state index in [2.05, 4.69) is 0 Å². The molecule has 0 amide bonds. The van der Waals surface area contributed by atoms with Crippen LogP contribution in [-0.4, -0.2) is 6.61 Å². The standard InChI is InChI=1S/C22H28F4O/c1-2-27-19-12-11-18(21(25)22(19)26)17-9-7-16(8-10-17)15-5-3-14(4-6-15)13-20(23)24/h11-17H,2-10H2,1H3. The number of halogens is 4.